The molecule has 18 heavy (non-hydrogen) atoms. The Morgan fingerprint density at radius 2 is 2.22 bits per heavy atom. The average molecular weight is 307 g/mol. The maximum Gasteiger partial charge on any atom is 0.349 e. The number of carbonyl (C=O) groups is 1. The number of ether oxygens (including phenoxy) is 1. The molecule has 0 aliphatic carbocycles. The van der Waals surface area contributed by atoms with Crippen molar-refractivity contribution in [3.63, 3.8) is 0 Å². The van der Waals surface area contributed by atoms with Gasteiger partial charge in [0.05, 0.1) is 18.3 Å². The molecule has 0 spiro atoms. The van der Waals surface area contributed by atoms with E-state index in [-0.39, 0.29) is 9.77 Å². The number of rotatable bonds is 3. The third-order valence-electron chi connectivity index (χ3n) is 2.10. The Hall–Kier alpha value is -1.31. The quantitative estimate of drug-likeness (QED) is 0.644. The van der Waals surface area contributed by atoms with Gasteiger partial charge in [0.25, 0.3) is 9.05 Å². The Bertz CT molecular complexity index is 669. The molecule has 0 aliphatic heterocycles. The van der Waals surface area contributed by atoms with E-state index in [0.29, 0.717) is 10.6 Å². The summed E-state index contributed by atoms with van der Waals surface area (Å²) in [5.74, 6) is -0.297. The van der Waals surface area contributed by atoms with Gasteiger partial charge in [0.2, 0.25) is 0 Å². The predicted molar refractivity (Wildman–Crippen MR) is 66.4 cm³/mol. The van der Waals surface area contributed by atoms with E-state index in [9.17, 15) is 13.2 Å². The zero-order valence-electron chi connectivity index (χ0n) is 9.05. The molecule has 5 nitrogen and oxygen atoms in total. The van der Waals surface area contributed by atoms with Gasteiger partial charge in [-0.25, -0.2) is 13.2 Å². The van der Waals surface area contributed by atoms with E-state index >= 15 is 0 Å². The summed E-state index contributed by atoms with van der Waals surface area (Å²) in [6.07, 6.45) is 1.45. The number of methoxy groups -OCH3 is 1. The summed E-state index contributed by atoms with van der Waals surface area (Å²) in [4.78, 5) is 11.6. The number of carbonyl (C=O) groups excluding carboxylic acids is 1. The van der Waals surface area contributed by atoms with Crippen LogP contribution in [0.2, 0.25) is 0 Å². The minimum atomic E-state index is -4.02. The van der Waals surface area contributed by atoms with Crippen LogP contribution in [0, 0.1) is 0 Å². The van der Waals surface area contributed by atoms with Crippen molar-refractivity contribution in [2.24, 2.45) is 0 Å². The smallest absolute Gasteiger partial charge is 0.349 e. The Kier molecular flexibility index (Phi) is 3.47. The molecule has 0 aromatic carbocycles. The lowest BCUT2D eigenvalue weighted by Gasteiger charge is -1.96. The molecule has 2 aromatic rings. The first-order valence-corrected chi connectivity index (χ1v) is 7.76. The molecule has 2 heterocycles. The summed E-state index contributed by atoms with van der Waals surface area (Å²) >= 11 is 0.945. The van der Waals surface area contributed by atoms with Gasteiger partial charge in [0, 0.05) is 10.7 Å². The number of esters is 1. The monoisotopic (exact) mass is 306 g/mol. The van der Waals surface area contributed by atoms with E-state index < -0.39 is 15.0 Å². The maximum atomic E-state index is 11.5. The zero-order valence-corrected chi connectivity index (χ0v) is 11.4. The molecule has 0 bridgehead atoms. The molecule has 0 fully saturated rings. The van der Waals surface area contributed by atoms with Gasteiger partial charge in [0.15, 0.2) is 0 Å². The molecule has 2 rings (SSSR count). The highest BCUT2D eigenvalue weighted by Gasteiger charge is 2.26. The van der Waals surface area contributed by atoms with Gasteiger partial charge in [0.1, 0.15) is 15.5 Å². The molecule has 96 valence electrons. The summed E-state index contributed by atoms with van der Waals surface area (Å²) in [7, 11) is 2.43. The normalized spacial score (nSPS) is 11.4. The Balaban J connectivity index is 2.62. The molecule has 0 amide bonds. The molecule has 0 saturated carbocycles. The highest BCUT2D eigenvalue weighted by molar-refractivity contribution is 8.13. The molecular formula is C10H7ClO5S2. The fraction of sp³-hybridized carbons (Fsp3) is 0.100. The summed E-state index contributed by atoms with van der Waals surface area (Å²) < 4.78 is 32.4. The van der Waals surface area contributed by atoms with Crippen LogP contribution >= 0.6 is 22.0 Å². The van der Waals surface area contributed by atoms with E-state index in [1.54, 1.807) is 12.1 Å². The van der Waals surface area contributed by atoms with Crippen LogP contribution in [0.4, 0.5) is 0 Å². The lowest BCUT2D eigenvalue weighted by Crippen LogP contribution is -2.03. The van der Waals surface area contributed by atoms with Gasteiger partial charge >= 0.3 is 5.97 Å². The van der Waals surface area contributed by atoms with Gasteiger partial charge in [-0.1, -0.05) is 0 Å². The van der Waals surface area contributed by atoms with E-state index in [1.807, 2.05) is 0 Å². The Labute approximate surface area is 111 Å². The highest BCUT2D eigenvalue weighted by Crippen LogP contribution is 2.36. The van der Waals surface area contributed by atoms with Crippen LogP contribution < -0.4 is 0 Å². The van der Waals surface area contributed by atoms with Crippen LogP contribution in [0.3, 0.4) is 0 Å². The molecule has 0 atom stereocenters. The van der Waals surface area contributed by atoms with Crippen LogP contribution in [0.5, 0.6) is 0 Å². The third kappa shape index (κ3) is 2.43. The van der Waals surface area contributed by atoms with Gasteiger partial charge in [-0.2, -0.15) is 0 Å². The summed E-state index contributed by atoms with van der Waals surface area (Å²) in [5.41, 5.74) is 0. The van der Waals surface area contributed by atoms with Crippen molar-refractivity contribution in [1.29, 1.82) is 0 Å². The summed E-state index contributed by atoms with van der Waals surface area (Å²) in [6.45, 7) is 0. The maximum absolute atomic E-state index is 11.5. The van der Waals surface area contributed by atoms with Crippen molar-refractivity contribution >= 4 is 37.0 Å². The largest absolute Gasteiger partial charge is 0.465 e. The van der Waals surface area contributed by atoms with E-state index in [1.165, 1.54) is 19.4 Å². The standard InChI is InChI=1S/C10H7ClO5S2/c1-15-10(12)9-8(18(11,13)14)5-7(17-9)6-3-2-4-16-6/h2-5H,1H3. The number of halogens is 1. The van der Waals surface area contributed by atoms with E-state index in [0.717, 1.165) is 11.3 Å². The zero-order chi connectivity index (χ0) is 13.3. The number of hydrogen-bond acceptors (Lipinski definition) is 6. The second-order valence-electron chi connectivity index (χ2n) is 3.21. The van der Waals surface area contributed by atoms with Crippen LogP contribution in [0.25, 0.3) is 10.6 Å². The molecule has 0 aliphatic rings. The lowest BCUT2D eigenvalue weighted by atomic mass is 10.3. The first-order valence-electron chi connectivity index (χ1n) is 4.64. The van der Waals surface area contributed by atoms with Crippen molar-refractivity contribution in [3.8, 4) is 10.6 Å². The van der Waals surface area contributed by atoms with Gasteiger partial charge in [-0.05, 0) is 18.2 Å². The number of furan rings is 1. The van der Waals surface area contributed by atoms with Crippen molar-refractivity contribution < 1.29 is 22.4 Å². The average Bonchev–Trinajstić information content (AvgIpc) is 2.94. The summed E-state index contributed by atoms with van der Waals surface area (Å²) in [5, 5.41) is 0. The molecular weight excluding hydrogens is 300 g/mol. The van der Waals surface area contributed by atoms with Gasteiger partial charge in [-0.3, -0.25) is 0 Å². The van der Waals surface area contributed by atoms with E-state index in [2.05, 4.69) is 4.74 Å². The first-order chi connectivity index (χ1) is 8.43. The second kappa shape index (κ2) is 4.75. The SMILES string of the molecule is COC(=O)c1sc(-c2ccco2)cc1S(=O)(=O)Cl. The van der Waals surface area contributed by atoms with Crippen molar-refractivity contribution in [3.05, 3.63) is 29.3 Å². The number of hydrogen-bond donors (Lipinski definition) is 0. The van der Waals surface area contributed by atoms with Crippen LogP contribution in [0.15, 0.2) is 33.8 Å². The molecule has 0 N–H and O–H groups in total. The third-order valence-corrected chi connectivity index (χ3v) is 4.70. The minimum Gasteiger partial charge on any atom is -0.465 e. The second-order valence-corrected chi connectivity index (χ2v) is 6.80. The Morgan fingerprint density at radius 1 is 1.50 bits per heavy atom. The minimum absolute atomic E-state index is 0.0705. The van der Waals surface area contributed by atoms with Crippen LogP contribution in [-0.4, -0.2) is 21.5 Å². The van der Waals surface area contributed by atoms with E-state index in [4.69, 9.17) is 15.1 Å². The summed E-state index contributed by atoms with van der Waals surface area (Å²) in [6, 6.07) is 4.59. The van der Waals surface area contributed by atoms with Crippen molar-refractivity contribution in [2.45, 2.75) is 4.90 Å². The molecule has 0 radical (unpaired) electrons. The fourth-order valence-corrected chi connectivity index (χ4v) is 3.86. The van der Waals surface area contributed by atoms with Crippen LogP contribution in [-0.2, 0) is 13.8 Å². The van der Waals surface area contributed by atoms with Crippen LogP contribution in [0.1, 0.15) is 9.67 Å². The Morgan fingerprint density at radius 3 is 2.72 bits per heavy atom. The molecule has 8 heteroatoms. The molecule has 0 saturated heterocycles. The van der Waals surface area contributed by atoms with Gasteiger partial charge < -0.3 is 9.15 Å². The fourth-order valence-electron chi connectivity index (χ4n) is 1.33. The molecule has 0 unspecified atom stereocenters. The highest BCUT2D eigenvalue weighted by atomic mass is 35.7. The van der Waals surface area contributed by atoms with Crippen molar-refractivity contribution in [2.75, 3.05) is 7.11 Å². The number of thiophene rings is 1. The predicted octanol–water partition coefficient (Wildman–Crippen LogP) is 2.72. The molecule has 2 aromatic heterocycles. The lowest BCUT2D eigenvalue weighted by molar-refractivity contribution is 0.0602. The topological polar surface area (TPSA) is 73.6 Å². The van der Waals surface area contributed by atoms with Gasteiger partial charge in [-0.15, -0.1) is 11.3 Å². The first kappa shape index (κ1) is 13.1. The van der Waals surface area contributed by atoms with Crippen molar-refractivity contribution in [1.82, 2.24) is 0 Å².